The normalized spacial score (nSPS) is 10.5. The van der Waals surface area contributed by atoms with Crippen molar-refractivity contribution in [3.63, 3.8) is 0 Å². The van der Waals surface area contributed by atoms with Gasteiger partial charge in [0.2, 0.25) is 0 Å². The number of hydrogen-bond donors (Lipinski definition) is 2. The van der Waals surface area contributed by atoms with Crippen molar-refractivity contribution in [1.29, 1.82) is 0 Å². The maximum atomic E-state index is 12.8. The molecular weight excluding hydrogens is 524 g/mol. The standard InChI is InChI=1S/C32H32N2O7/c1-37-19-21-39-29-9-5-3-7-27(29)31(35)33-23-11-15-25(16-12-23)41-26-17-13-24(14-18-26)34-32(36)28-8-4-6-10-30(28)40-22-20-38-2/h3-18H,19-22H2,1-2H3,(H,33,35)(H,34,36). The summed E-state index contributed by atoms with van der Waals surface area (Å²) >= 11 is 0. The highest BCUT2D eigenvalue weighted by Gasteiger charge is 2.14. The molecule has 4 aromatic rings. The second kappa shape index (κ2) is 15.1. The lowest BCUT2D eigenvalue weighted by molar-refractivity contribution is 0.101. The van der Waals surface area contributed by atoms with Crippen LogP contribution in [0.3, 0.4) is 0 Å². The molecular formula is C32H32N2O7. The van der Waals surface area contributed by atoms with Gasteiger partial charge in [-0.2, -0.15) is 0 Å². The fourth-order valence-corrected chi connectivity index (χ4v) is 3.78. The largest absolute Gasteiger partial charge is 0.490 e. The Kier molecular flexibility index (Phi) is 10.7. The minimum atomic E-state index is -0.284. The van der Waals surface area contributed by atoms with Crippen molar-refractivity contribution in [3.05, 3.63) is 108 Å². The molecule has 0 spiro atoms. The Morgan fingerprint density at radius 2 is 0.927 bits per heavy atom. The van der Waals surface area contributed by atoms with Crippen molar-refractivity contribution >= 4 is 23.2 Å². The molecule has 0 saturated heterocycles. The van der Waals surface area contributed by atoms with Crippen LogP contribution in [0.4, 0.5) is 11.4 Å². The van der Waals surface area contributed by atoms with E-state index in [9.17, 15) is 9.59 Å². The minimum absolute atomic E-state index is 0.284. The van der Waals surface area contributed by atoms with E-state index < -0.39 is 0 Å². The van der Waals surface area contributed by atoms with Crippen LogP contribution in [0.5, 0.6) is 23.0 Å². The van der Waals surface area contributed by atoms with Gasteiger partial charge >= 0.3 is 0 Å². The molecule has 212 valence electrons. The van der Waals surface area contributed by atoms with Crippen molar-refractivity contribution < 1.29 is 33.3 Å². The zero-order chi connectivity index (χ0) is 28.9. The smallest absolute Gasteiger partial charge is 0.259 e. The Labute approximate surface area is 239 Å². The van der Waals surface area contributed by atoms with E-state index in [1.807, 2.05) is 12.1 Å². The number of benzene rings is 4. The Bertz CT molecular complexity index is 1310. The molecule has 0 aliphatic carbocycles. The van der Waals surface area contributed by atoms with E-state index in [4.69, 9.17) is 23.7 Å². The molecule has 9 nitrogen and oxygen atoms in total. The van der Waals surface area contributed by atoms with Gasteiger partial charge in [0, 0.05) is 25.6 Å². The van der Waals surface area contributed by atoms with Crippen molar-refractivity contribution in [2.24, 2.45) is 0 Å². The molecule has 0 heterocycles. The molecule has 41 heavy (non-hydrogen) atoms. The predicted molar refractivity (Wildman–Crippen MR) is 156 cm³/mol. The molecule has 0 aliphatic rings. The van der Waals surface area contributed by atoms with Gasteiger partial charge < -0.3 is 34.3 Å². The molecule has 0 fully saturated rings. The number of rotatable bonds is 14. The number of anilines is 2. The zero-order valence-electron chi connectivity index (χ0n) is 22.9. The summed E-state index contributed by atoms with van der Waals surface area (Å²) in [5.74, 6) is 1.58. The van der Waals surface area contributed by atoms with Crippen molar-refractivity contribution in [3.8, 4) is 23.0 Å². The molecule has 0 atom stereocenters. The van der Waals surface area contributed by atoms with Gasteiger partial charge in [-0.1, -0.05) is 24.3 Å². The molecule has 9 heteroatoms. The van der Waals surface area contributed by atoms with Crippen molar-refractivity contribution in [2.75, 3.05) is 51.3 Å². The van der Waals surface area contributed by atoms with Crippen LogP contribution < -0.4 is 24.8 Å². The monoisotopic (exact) mass is 556 g/mol. The van der Waals surface area contributed by atoms with Gasteiger partial charge in [-0.05, 0) is 72.8 Å². The van der Waals surface area contributed by atoms with Gasteiger partial charge in [-0.3, -0.25) is 9.59 Å². The van der Waals surface area contributed by atoms with Crippen LogP contribution in [0.15, 0.2) is 97.1 Å². The van der Waals surface area contributed by atoms with Crippen LogP contribution in [0.1, 0.15) is 20.7 Å². The highest BCUT2D eigenvalue weighted by atomic mass is 16.5. The predicted octanol–water partition coefficient (Wildman–Crippen LogP) is 6.03. The summed E-state index contributed by atoms with van der Waals surface area (Å²) in [5, 5.41) is 5.75. The third-order valence-corrected chi connectivity index (χ3v) is 5.81. The quantitative estimate of drug-likeness (QED) is 0.183. The summed E-state index contributed by atoms with van der Waals surface area (Å²) < 4.78 is 27.3. The lowest BCUT2D eigenvalue weighted by Gasteiger charge is -2.12. The molecule has 0 bridgehead atoms. The number of methoxy groups -OCH3 is 2. The van der Waals surface area contributed by atoms with Gasteiger partial charge in [0.1, 0.15) is 36.2 Å². The van der Waals surface area contributed by atoms with Gasteiger partial charge in [-0.15, -0.1) is 0 Å². The molecule has 0 aromatic heterocycles. The molecule has 0 aliphatic heterocycles. The highest BCUT2D eigenvalue weighted by Crippen LogP contribution is 2.26. The fourth-order valence-electron chi connectivity index (χ4n) is 3.78. The molecule has 2 amide bonds. The number of amides is 2. The van der Waals surface area contributed by atoms with E-state index in [0.29, 0.717) is 71.9 Å². The zero-order valence-corrected chi connectivity index (χ0v) is 22.9. The van der Waals surface area contributed by atoms with E-state index in [2.05, 4.69) is 10.6 Å². The Morgan fingerprint density at radius 1 is 0.537 bits per heavy atom. The van der Waals surface area contributed by atoms with Crippen LogP contribution in [0.2, 0.25) is 0 Å². The molecule has 4 rings (SSSR count). The third kappa shape index (κ3) is 8.56. The number of ether oxygens (including phenoxy) is 5. The number of hydrogen-bond acceptors (Lipinski definition) is 7. The van der Waals surface area contributed by atoms with Crippen molar-refractivity contribution in [1.82, 2.24) is 0 Å². The first-order valence-corrected chi connectivity index (χ1v) is 13.0. The summed E-state index contributed by atoms with van der Waals surface area (Å²) in [6.45, 7) is 1.54. The summed E-state index contributed by atoms with van der Waals surface area (Å²) in [6.07, 6.45) is 0. The number of carbonyl (C=O) groups is 2. The minimum Gasteiger partial charge on any atom is -0.490 e. The second-order valence-corrected chi connectivity index (χ2v) is 8.73. The van der Waals surface area contributed by atoms with E-state index >= 15 is 0 Å². The van der Waals surface area contributed by atoms with Crippen LogP contribution in [-0.2, 0) is 9.47 Å². The Morgan fingerprint density at radius 3 is 1.32 bits per heavy atom. The SMILES string of the molecule is COCCOc1ccccc1C(=O)Nc1ccc(Oc2ccc(NC(=O)c3ccccc3OCCOC)cc2)cc1. The third-order valence-electron chi connectivity index (χ3n) is 5.81. The van der Waals surface area contributed by atoms with Gasteiger partial charge in [0.15, 0.2) is 0 Å². The van der Waals surface area contributed by atoms with Crippen LogP contribution in [-0.4, -0.2) is 52.5 Å². The van der Waals surface area contributed by atoms with E-state index in [0.717, 1.165) is 0 Å². The van der Waals surface area contributed by atoms with Crippen molar-refractivity contribution in [2.45, 2.75) is 0 Å². The first kappa shape index (κ1) is 29.1. The average molecular weight is 557 g/mol. The number of nitrogens with one attached hydrogen (secondary N) is 2. The summed E-state index contributed by atoms with van der Waals surface area (Å²) in [4.78, 5) is 25.6. The summed E-state index contributed by atoms with van der Waals surface area (Å²) in [7, 11) is 3.18. The summed E-state index contributed by atoms with van der Waals surface area (Å²) in [5.41, 5.74) is 2.08. The average Bonchev–Trinajstić information content (AvgIpc) is 3.00. The maximum Gasteiger partial charge on any atom is 0.259 e. The molecule has 0 unspecified atom stereocenters. The molecule has 2 N–H and O–H groups in total. The van der Waals surface area contributed by atoms with Crippen LogP contribution in [0.25, 0.3) is 0 Å². The van der Waals surface area contributed by atoms with Gasteiger partial charge in [0.25, 0.3) is 11.8 Å². The fraction of sp³-hybridized carbons (Fsp3) is 0.188. The first-order chi connectivity index (χ1) is 20.1. The highest BCUT2D eigenvalue weighted by molar-refractivity contribution is 6.06. The number of para-hydroxylation sites is 2. The van der Waals surface area contributed by atoms with Gasteiger partial charge in [0.05, 0.1) is 24.3 Å². The summed E-state index contributed by atoms with van der Waals surface area (Å²) in [6, 6.07) is 28.1. The Hall–Kier alpha value is -4.86. The Balaban J connectivity index is 1.32. The number of carbonyl (C=O) groups excluding carboxylic acids is 2. The lowest BCUT2D eigenvalue weighted by Crippen LogP contribution is -2.14. The molecule has 0 radical (unpaired) electrons. The molecule has 4 aromatic carbocycles. The topological polar surface area (TPSA) is 104 Å². The maximum absolute atomic E-state index is 12.8. The van der Waals surface area contributed by atoms with E-state index in [1.165, 1.54) is 0 Å². The molecule has 0 saturated carbocycles. The van der Waals surface area contributed by atoms with Crippen LogP contribution in [0, 0.1) is 0 Å². The lowest BCUT2D eigenvalue weighted by atomic mass is 10.2. The van der Waals surface area contributed by atoms with Gasteiger partial charge in [-0.25, -0.2) is 0 Å². The first-order valence-electron chi connectivity index (χ1n) is 13.0. The second-order valence-electron chi connectivity index (χ2n) is 8.73. The van der Waals surface area contributed by atoms with E-state index in [1.54, 1.807) is 99.1 Å². The van der Waals surface area contributed by atoms with Crippen LogP contribution >= 0.6 is 0 Å². The van der Waals surface area contributed by atoms with E-state index in [-0.39, 0.29) is 11.8 Å².